The van der Waals surface area contributed by atoms with Gasteiger partial charge in [0, 0.05) is 45.2 Å². The summed E-state index contributed by atoms with van der Waals surface area (Å²) in [5.41, 5.74) is 10.3. The molecular formula is C42H39N3O. The summed E-state index contributed by atoms with van der Waals surface area (Å²) >= 11 is 0. The minimum absolute atomic E-state index is 0.00766. The van der Waals surface area contributed by atoms with Gasteiger partial charge in [-0.1, -0.05) is 93.6 Å². The van der Waals surface area contributed by atoms with Gasteiger partial charge in [0.2, 0.25) is 5.91 Å². The standard InChI is InChI=1S/C42H39N3O/c1-31-12-11-17-40(30-31)45(36-15-9-6-10-16-36)38-26-20-33(21-27-38)32-18-24-37(25-19-32)44(35-13-7-5-8-14-35)39-28-22-34(23-29-39)43-41(46)42(2,3)4/h5-30H,1-4H3,(H,43,46). The van der Waals surface area contributed by atoms with Crippen molar-refractivity contribution in [2.75, 3.05) is 15.1 Å². The lowest BCUT2D eigenvalue weighted by molar-refractivity contribution is -0.123. The summed E-state index contributed by atoms with van der Waals surface area (Å²) < 4.78 is 0. The molecule has 6 aromatic rings. The van der Waals surface area contributed by atoms with Gasteiger partial charge in [-0.2, -0.15) is 0 Å². The van der Waals surface area contributed by atoms with Crippen molar-refractivity contribution in [2.45, 2.75) is 27.7 Å². The fraction of sp³-hybridized carbons (Fsp3) is 0.119. The van der Waals surface area contributed by atoms with E-state index < -0.39 is 5.41 Å². The first kappa shape index (κ1) is 30.4. The van der Waals surface area contributed by atoms with Gasteiger partial charge in [-0.3, -0.25) is 4.79 Å². The number of carbonyl (C=O) groups is 1. The predicted octanol–water partition coefficient (Wildman–Crippen LogP) is 11.6. The van der Waals surface area contributed by atoms with Gasteiger partial charge in [0.25, 0.3) is 0 Å². The van der Waals surface area contributed by atoms with Crippen LogP contribution in [0.3, 0.4) is 0 Å². The fourth-order valence-corrected chi connectivity index (χ4v) is 5.43. The summed E-state index contributed by atoms with van der Waals surface area (Å²) in [6, 6.07) is 54.9. The minimum atomic E-state index is -0.459. The Labute approximate surface area is 272 Å². The topological polar surface area (TPSA) is 35.6 Å². The summed E-state index contributed by atoms with van der Waals surface area (Å²) in [7, 11) is 0. The second kappa shape index (κ2) is 13.2. The monoisotopic (exact) mass is 601 g/mol. The van der Waals surface area contributed by atoms with E-state index in [1.165, 1.54) is 5.56 Å². The Kier molecular flexibility index (Phi) is 8.71. The molecule has 0 atom stereocenters. The molecule has 0 aliphatic carbocycles. The van der Waals surface area contributed by atoms with Crippen molar-refractivity contribution in [3.05, 3.63) is 163 Å². The lowest BCUT2D eigenvalue weighted by Crippen LogP contribution is -2.27. The maximum Gasteiger partial charge on any atom is 0.229 e. The SMILES string of the molecule is Cc1cccc(N(c2ccccc2)c2ccc(-c3ccc(N(c4ccccc4)c4ccc(NC(=O)C(C)(C)C)cc4)cc3)cc2)c1. The van der Waals surface area contributed by atoms with Gasteiger partial charge >= 0.3 is 0 Å². The molecule has 0 aliphatic rings. The third kappa shape index (κ3) is 6.87. The van der Waals surface area contributed by atoms with Crippen LogP contribution in [0.2, 0.25) is 0 Å². The summed E-state index contributed by atoms with van der Waals surface area (Å²) in [6.45, 7) is 7.87. The molecule has 0 radical (unpaired) electrons. The number of anilines is 7. The van der Waals surface area contributed by atoms with E-state index in [0.29, 0.717) is 0 Å². The number of nitrogens with one attached hydrogen (secondary N) is 1. The quantitative estimate of drug-likeness (QED) is 0.188. The van der Waals surface area contributed by atoms with E-state index in [1.807, 2.05) is 69.3 Å². The number of amides is 1. The van der Waals surface area contributed by atoms with Gasteiger partial charge in [0.15, 0.2) is 0 Å². The van der Waals surface area contributed by atoms with Crippen molar-refractivity contribution in [2.24, 2.45) is 5.41 Å². The Balaban J connectivity index is 1.28. The van der Waals surface area contributed by atoms with Gasteiger partial charge in [-0.25, -0.2) is 0 Å². The molecule has 0 heterocycles. The molecule has 0 saturated carbocycles. The van der Waals surface area contributed by atoms with Crippen LogP contribution >= 0.6 is 0 Å². The third-order valence-corrected chi connectivity index (χ3v) is 7.94. The Bertz CT molecular complexity index is 1890. The molecule has 0 unspecified atom stereocenters. The first-order valence-corrected chi connectivity index (χ1v) is 15.7. The summed E-state index contributed by atoms with van der Waals surface area (Å²) in [5.74, 6) is -0.00766. The smallest absolute Gasteiger partial charge is 0.229 e. The first-order valence-electron chi connectivity index (χ1n) is 15.7. The normalized spacial score (nSPS) is 11.1. The van der Waals surface area contributed by atoms with Gasteiger partial charge in [-0.05, 0) is 109 Å². The highest BCUT2D eigenvalue weighted by Gasteiger charge is 2.21. The van der Waals surface area contributed by atoms with Crippen LogP contribution < -0.4 is 15.1 Å². The second-order valence-electron chi connectivity index (χ2n) is 12.5. The molecule has 4 nitrogen and oxygen atoms in total. The molecule has 6 aromatic carbocycles. The molecular weight excluding hydrogens is 562 g/mol. The highest BCUT2D eigenvalue weighted by Crippen LogP contribution is 2.38. The zero-order valence-corrected chi connectivity index (χ0v) is 26.8. The van der Waals surface area contributed by atoms with E-state index in [-0.39, 0.29) is 5.91 Å². The molecule has 6 rings (SSSR count). The molecule has 0 saturated heterocycles. The molecule has 46 heavy (non-hydrogen) atoms. The zero-order chi connectivity index (χ0) is 32.1. The highest BCUT2D eigenvalue weighted by molar-refractivity contribution is 5.95. The number of para-hydroxylation sites is 2. The lowest BCUT2D eigenvalue weighted by atomic mass is 9.95. The Hall–Kier alpha value is -5.61. The van der Waals surface area contributed by atoms with Crippen molar-refractivity contribution >= 4 is 45.7 Å². The van der Waals surface area contributed by atoms with E-state index in [2.05, 4.69) is 131 Å². The maximum atomic E-state index is 12.5. The van der Waals surface area contributed by atoms with Crippen LogP contribution in [0.4, 0.5) is 39.8 Å². The molecule has 0 aromatic heterocycles. The number of carbonyl (C=O) groups excluding carboxylic acids is 1. The number of hydrogen-bond donors (Lipinski definition) is 1. The number of hydrogen-bond acceptors (Lipinski definition) is 3. The summed E-state index contributed by atoms with van der Waals surface area (Å²) in [6.07, 6.45) is 0. The van der Waals surface area contributed by atoms with Gasteiger partial charge in [0.05, 0.1) is 0 Å². The lowest BCUT2D eigenvalue weighted by Gasteiger charge is -2.26. The van der Waals surface area contributed by atoms with E-state index in [4.69, 9.17) is 0 Å². The van der Waals surface area contributed by atoms with Gasteiger partial charge in [-0.15, -0.1) is 0 Å². The largest absolute Gasteiger partial charge is 0.326 e. The van der Waals surface area contributed by atoms with Gasteiger partial charge in [0.1, 0.15) is 0 Å². The summed E-state index contributed by atoms with van der Waals surface area (Å²) in [4.78, 5) is 17.0. The van der Waals surface area contributed by atoms with Crippen LogP contribution in [0.5, 0.6) is 0 Å². The van der Waals surface area contributed by atoms with E-state index in [1.54, 1.807) is 0 Å². The molecule has 0 bridgehead atoms. The van der Waals surface area contributed by atoms with E-state index in [9.17, 15) is 4.79 Å². The van der Waals surface area contributed by atoms with Crippen LogP contribution in [0.15, 0.2) is 158 Å². The Morgan fingerprint density at radius 1 is 0.478 bits per heavy atom. The van der Waals surface area contributed by atoms with Crippen molar-refractivity contribution in [1.82, 2.24) is 0 Å². The predicted molar refractivity (Wildman–Crippen MR) is 194 cm³/mol. The number of rotatable bonds is 8. The van der Waals surface area contributed by atoms with Crippen LogP contribution in [-0.2, 0) is 4.79 Å². The average Bonchev–Trinajstić information content (AvgIpc) is 3.07. The molecule has 1 N–H and O–H groups in total. The molecule has 4 heteroatoms. The minimum Gasteiger partial charge on any atom is -0.326 e. The van der Waals surface area contributed by atoms with Crippen LogP contribution in [0.25, 0.3) is 11.1 Å². The number of nitrogens with zero attached hydrogens (tertiary/aromatic N) is 2. The Morgan fingerprint density at radius 2 is 0.870 bits per heavy atom. The van der Waals surface area contributed by atoms with Crippen LogP contribution in [-0.4, -0.2) is 5.91 Å². The number of aryl methyl sites for hydroxylation is 1. The molecule has 0 fully saturated rings. The van der Waals surface area contributed by atoms with Crippen molar-refractivity contribution in [1.29, 1.82) is 0 Å². The molecule has 228 valence electrons. The third-order valence-electron chi connectivity index (χ3n) is 7.94. The van der Waals surface area contributed by atoms with Crippen molar-refractivity contribution in [3.63, 3.8) is 0 Å². The first-order chi connectivity index (χ1) is 22.3. The zero-order valence-electron chi connectivity index (χ0n) is 26.8. The van der Waals surface area contributed by atoms with Crippen molar-refractivity contribution in [3.8, 4) is 11.1 Å². The second-order valence-corrected chi connectivity index (χ2v) is 12.5. The molecule has 0 spiro atoms. The Morgan fingerprint density at radius 3 is 1.30 bits per heavy atom. The van der Waals surface area contributed by atoms with Crippen molar-refractivity contribution < 1.29 is 4.79 Å². The van der Waals surface area contributed by atoms with Gasteiger partial charge < -0.3 is 15.1 Å². The molecule has 0 aliphatic heterocycles. The summed E-state index contributed by atoms with van der Waals surface area (Å²) in [5, 5.41) is 3.02. The fourth-order valence-electron chi connectivity index (χ4n) is 5.43. The number of benzene rings is 6. The van der Waals surface area contributed by atoms with Crippen LogP contribution in [0.1, 0.15) is 26.3 Å². The van der Waals surface area contributed by atoms with E-state index >= 15 is 0 Å². The highest BCUT2D eigenvalue weighted by atomic mass is 16.2. The van der Waals surface area contributed by atoms with E-state index in [0.717, 1.165) is 50.9 Å². The maximum absolute atomic E-state index is 12.5. The molecule has 1 amide bonds. The van der Waals surface area contributed by atoms with Crippen LogP contribution in [0, 0.1) is 12.3 Å². The average molecular weight is 602 g/mol.